The summed E-state index contributed by atoms with van der Waals surface area (Å²) in [5.74, 6) is 0.857. The number of furan rings is 1. The van der Waals surface area contributed by atoms with Crippen LogP contribution in [0, 0.1) is 0 Å². The van der Waals surface area contributed by atoms with Gasteiger partial charge in [0.15, 0.2) is 0 Å². The van der Waals surface area contributed by atoms with Crippen LogP contribution in [0.4, 0.5) is 0 Å². The number of amides is 1. The Labute approximate surface area is 129 Å². The molecule has 0 N–H and O–H groups in total. The number of rotatable bonds is 3. The van der Waals surface area contributed by atoms with Gasteiger partial charge in [-0.25, -0.2) is 0 Å². The van der Waals surface area contributed by atoms with Gasteiger partial charge in [-0.2, -0.15) is 0 Å². The van der Waals surface area contributed by atoms with E-state index in [1.165, 1.54) is 0 Å². The van der Waals surface area contributed by atoms with Gasteiger partial charge < -0.3 is 18.8 Å². The molecule has 1 aliphatic rings. The lowest BCUT2D eigenvalue weighted by atomic mass is 10.1. The summed E-state index contributed by atoms with van der Waals surface area (Å²) in [6.45, 7) is 5.28. The van der Waals surface area contributed by atoms with Gasteiger partial charge in [0.05, 0.1) is 32.0 Å². The number of methoxy groups -OCH3 is 1. The van der Waals surface area contributed by atoms with Gasteiger partial charge in [-0.05, 0) is 26.0 Å². The summed E-state index contributed by atoms with van der Waals surface area (Å²) in [5, 5.41) is 0.962. The normalized spacial score (nSPS) is 22.0. The van der Waals surface area contributed by atoms with Crippen molar-refractivity contribution in [1.29, 1.82) is 0 Å². The van der Waals surface area contributed by atoms with Crippen molar-refractivity contribution in [2.24, 2.45) is 0 Å². The first-order chi connectivity index (χ1) is 10.6. The predicted molar refractivity (Wildman–Crippen MR) is 83.1 cm³/mol. The Bertz CT molecular complexity index is 668. The third kappa shape index (κ3) is 2.95. The van der Waals surface area contributed by atoms with E-state index >= 15 is 0 Å². The van der Waals surface area contributed by atoms with Gasteiger partial charge >= 0.3 is 0 Å². The second-order valence-electron chi connectivity index (χ2n) is 5.86. The molecule has 2 atom stereocenters. The fourth-order valence-electron chi connectivity index (χ4n) is 2.98. The van der Waals surface area contributed by atoms with Crippen molar-refractivity contribution >= 4 is 16.9 Å². The van der Waals surface area contributed by atoms with Gasteiger partial charge in [0.1, 0.15) is 11.3 Å². The number of carbonyl (C=O) groups is 1. The molecule has 1 aliphatic heterocycles. The molecule has 0 bridgehead atoms. The number of hydrogen-bond donors (Lipinski definition) is 0. The van der Waals surface area contributed by atoms with E-state index in [9.17, 15) is 4.79 Å². The first-order valence-electron chi connectivity index (χ1n) is 7.54. The number of carbonyl (C=O) groups excluding carboxylic acids is 1. The number of ether oxygens (including phenoxy) is 2. The van der Waals surface area contributed by atoms with E-state index in [2.05, 4.69) is 0 Å². The Morgan fingerprint density at radius 3 is 2.73 bits per heavy atom. The van der Waals surface area contributed by atoms with E-state index in [4.69, 9.17) is 13.9 Å². The number of fused-ring (bicyclic) bond motifs is 1. The molecule has 2 aromatic rings. The Balaban J connectivity index is 1.76. The molecule has 3 rings (SSSR count). The third-order valence-corrected chi connectivity index (χ3v) is 3.98. The second-order valence-corrected chi connectivity index (χ2v) is 5.86. The minimum Gasteiger partial charge on any atom is -0.497 e. The minimum absolute atomic E-state index is 0.0815. The highest BCUT2D eigenvalue weighted by Gasteiger charge is 2.26. The fourth-order valence-corrected chi connectivity index (χ4v) is 2.98. The maximum Gasteiger partial charge on any atom is 0.227 e. The standard InChI is InChI=1S/C17H21NO4/c1-11-8-18(9-12(2)22-11)17(19)6-13-10-21-16-7-14(20-3)4-5-15(13)16/h4-5,7,10-12H,6,8-9H2,1-3H3. The minimum atomic E-state index is 0.0815. The molecule has 1 aromatic carbocycles. The summed E-state index contributed by atoms with van der Waals surface area (Å²) in [4.78, 5) is 14.4. The molecular formula is C17H21NO4. The van der Waals surface area contributed by atoms with Crippen molar-refractivity contribution in [3.05, 3.63) is 30.0 Å². The van der Waals surface area contributed by atoms with Crippen molar-refractivity contribution in [2.75, 3.05) is 20.2 Å². The van der Waals surface area contributed by atoms with Crippen molar-refractivity contribution in [1.82, 2.24) is 4.90 Å². The highest BCUT2D eigenvalue weighted by Crippen LogP contribution is 2.26. The molecule has 0 spiro atoms. The van der Waals surface area contributed by atoms with Crippen molar-refractivity contribution in [3.63, 3.8) is 0 Å². The van der Waals surface area contributed by atoms with Crippen LogP contribution in [-0.2, 0) is 16.0 Å². The SMILES string of the molecule is COc1ccc2c(CC(=O)N3CC(C)OC(C)C3)coc2c1. The molecular weight excluding hydrogens is 282 g/mol. The highest BCUT2D eigenvalue weighted by atomic mass is 16.5. The largest absolute Gasteiger partial charge is 0.497 e. The smallest absolute Gasteiger partial charge is 0.227 e. The van der Waals surface area contributed by atoms with E-state index in [0.717, 1.165) is 22.3 Å². The summed E-state index contributed by atoms with van der Waals surface area (Å²) in [6, 6.07) is 5.65. The molecule has 0 saturated carbocycles. The molecule has 0 aliphatic carbocycles. The summed E-state index contributed by atoms with van der Waals surface area (Å²) in [7, 11) is 1.62. The van der Waals surface area contributed by atoms with Crippen LogP contribution in [0.1, 0.15) is 19.4 Å². The zero-order valence-corrected chi connectivity index (χ0v) is 13.2. The maximum absolute atomic E-state index is 12.5. The zero-order valence-electron chi connectivity index (χ0n) is 13.2. The highest BCUT2D eigenvalue weighted by molar-refractivity contribution is 5.88. The van der Waals surface area contributed by atoms with Crippen LogP contribution in [0.3, 0.4) is 0 Å². The molecule has 22 heavy (non-hydrogen) atoms. The van der Waals surface area contributed by atoms with Crippen molar-refractivity contribution in [2.45, 2.75) is 32.5 Å². The van der Waals surface area contributed by atoms with Crippen LogP contribution in [0.5, 0.6) is 5.75 Å². The monoisotopic (exact) mass is 303 g/mol. The molecule has 118 valence electrons. The topological polar surface area (TPSA) is 51.9 Å². The average Bonchev–Trinajstić information content (AvgIpc) is 2.88. The van der Waals surface area contributed by atoms with Crippen LogP contribution in [-0.4, -0.2) is 43.2 Å². The second kappa shape index (κ2) is 6.01. The molecule has 2 heterocycles. The summed E-state index contributed by atoms with van der Waals surface area (Å²) >= 11 is 0. The van der Waals surface area contributed by atoms with Crippen molar-refractivity contribution < 1.29 is 18.7 Å². The molecule has 0 radical (unpaired) electrons. The van der Waals surface area contributed by atoms with Crippen LogP contribution < -0.4 is 4.74 Å². The third-order valence-electron chi connectivity index (χ3n) is 3.98. The lowest BCUT2D eigenvalue weighted by molar-refractivity contribution is -0.142. The molecule has 1 saturated heterocycles. The number of morpholine rings is 1. The number of nitrogens with zero attached hydrogens (tertiary/aromatic N) is 1. The Morgan fingerprint density at radius 1 is 1.32 bits per heavy atom. The number of benzene rings is 1. The van der Waals surface area contributed by atoms with E-state index in [1.54, 1.807) is 13.4 Å². The Hall–Kier alpha value is -2.01. The van der Waals surface area contributed by atoms with Gasteiger partial charge in [-0.15, -0.1) is 0 Å². The quantitative estimate of drug-likeness (QED) is 0.874. The van der Waals surface area contributed by atoms with Gasteiger partial charge in [0, 0.05) is 30.1 Å². The zero-order chi connectivity index (χ0) is 15.7. The first kappa shape index (κ1) is 14.9. The van der Waals surface area contributed by atoms with Crippen LogP contribution in [0.2, 0.25) is 0 Å². The van der Waals surface area contributed by atoms with Gasteiger partial charge in [-0.3, -0.25) is 4.79 Å². The first-order valence-corrected chi connectivity index (χ1v) is 7.54. The molecule has 1 aromatic heterocycles. The molecule has 5 heteroatoms. The van der Waals surface area contributed by atoms with Gasteiger partial charge in [0.25, 0.3) is 0 Å². The van der Waals surface area contributed by atoms with Gasteiger partial charge in [-0.1, -0.05) is 0 Å². The fraction of sp³-hybridized carbons (Fsp3) is 0.471. The van der Waals surface area contributed by atoms with Gasteiger partial charge in [0.2, 0.25) is 5.91 Å². The van der Waals surface area contributed by atoms with Crippen LogP contribution >= 0.6 is 0 Å². The summed E-state index contributed by atoms with van der Waals surface area (Å²) in [5.41, 5.74) is 1.65. The molecule has 1 amide bonds. The van der Waals surface area contributed by atoms with E-state index in [-0.39, 0.29) is 18.1 Å². The lowest BCUT2D eigenvalue weighted by Crippen LogP contribution is -2.48. The Kier molecular flexibility index (Phi) is 4.07. The Morgan fingerprint density at radius 2 is 2.05 bits per heavy atom. The number of hydrogen-bond acceptors (Lipinski definition) is 4. The summed E-state index contributed by atoms with van der Waals surface area (Å²) in [6.07, 6.45) is 2.17. The predicted octanol–water partition coefficient (Wildman–Crippen LogP) is 2.62. The average molecular weight is 303 g/mol. The van der Waals surface area contributed by atoms with Crippen LogP contribution in [0.15, 0.2) is 28.9 Å². The van der Waals surface area contributed by atoms with Crippen LogP contribution in [0.25, 0.3) is 11.0 Å². The van der Waals surface area contributed by atoms with E-state index in [1.807, 2.05) is 36.9 Å². The van der Waals surface area contributed by atoms with E-state index < -0.39 is 0 Å². The maximum atomic E-state index is 12.5. The summed E-state index contributed by atoms with van der Waals surface area (Å²) < 4.78 is 16.4. The lowest BCUT2D eigenvalue weighted by Gasteiger charge is -2.35. The molecule has 2 unspecified atom stereocenters. The molecule has 1 fully saturated rings. The van der Waals surface area contributed by atoms with Crippen molar-refractivity contribution in [3.8, 4) is 5.75 Å². The molecule has 5 nitrogen and oxygen atoms in total. The van der Waals surface area contributed by atoms with E-state index in [0.29, 0.717) is 19.5 Å².